The first-order valence-electron chi connectivity index (χ1n) is 6.71. The first kappa shape index (κ1) is 13.5. The fraction of sp³-hybridized carbons (Fsp3) is 0.643. The van der Waals surface area contributed by atoms with E-state index in [1.165, 1.54) is 5.56 Å². The molecule has 1 aliphatic heterocycles. The molecular weight excluding hydrogens is 228 g/mol. The number of nitrogens with zero attached hydrogens (tertiary/aromatic N) is 1. The lowest BCUT2D eigenvalue weighted by atomic mass is 9.88. The molecular formula is C14H22N2O2. The topological polar surface area (TPSA) is 65.4 Å². The summed E-state index contributed by atoms with van der Waals surface area (Å²) in [4.78, 5) is 4.53. The van der Waals surface area contributed by atoms with E-state index in [2.05, 4.69) is 16.4 Å². The molecule has 0 amide bonds. The highest BCUT2D eigenvalue weighted by atomic mass is 16.3. The van der Waals surface area contributed by atoms with Gasteiger partial charge in [0.2, 0.25) is 0 Å². The van der Waals surface area contributed by atoms with Gasteiger partial charge in [-0.15, -0.1) is 0 Å². The molecule has 0 aliphatic carbocycles. The number of nitrogens with one attached hydrogen (secondary N) is 1. The Morgan fingerprint density at radius 2 is 2.00 bits per heavy atom. The number of aliphatic hydroxyl groups excluding tert-OH is 2. The van der Waals surface area contributed by atoms with Crippen molar-refractivity contribution in [3.05, 3.63) is 29.6 Å². The Bertz CT molecular complexity index is 361. The van der Waals surface area contributed by atoms with E-state index in [1.807, 2.05) is 12.3 Å². The number of pyridine rings is 1. The normalized spacial score (nSPS) is 17.3. The third kappa shape index (κ3) is 3.28. The Kier molecular flexibility index (Phi) is 5.11. The number of piperidine rings is 1. The highest BCUT2D eigenvalue weighted by molar-refractivity contribution is 5.24. The van der Waals surface area contributed by atoms with Gasteiger partial charge in [0.05, 0.1) is 0 Å². The Hall–Kier alpha value is -0.970. The van der Waals surface area contributed by atoms with E-state index >= 15 is 0 Å². The minimum atomic E-state index is -0.0744. The van der Waals surface area contributed by atoms with Crippen LogP contribution in [0.3, 0.4) is 0 Å². The largest absolute Gasteiger partial charge is 0.396 e. The van der Waals surface area contributed by atoms with Gasteiger partial charge >= 0.3 is 0 Å². The molecule has 0 radical (unpaired) electrons. The number of hydrogen-bond donors (Lipinski definition) is 3. The predicted molar refractivity (Wildman–Crippen MR) is 70.4 cm³/mol. The predicted octanol–water partition coefficient (Wildman–Crippen LogP) is 0.692. The van der Waals surface area contributed by atoms with Crippen LogP contribution in [0.4, 0.5) is 0 Å². The minimum absolute atomic E-state index is 0.0249. The van der Waals surface area contributed by atoms with Crippen molar-refractivity contribution < 1.29 is 10.2 Å². The average Bonchev–Trinajstić information content (AvgIpc) is 2.46. The summed E-state index contributed by atoms with van der Waals surface area (Å²) in [6, 6.07) is 4.01. The van der Waals surface area contributed by atoms with Crippen LogP contribution in [-0.2, 0) is 6.42 Å². The van der Waals surface area contributed by atoms with Crippen molar-refractivity contribution >= 4 is 0 Å². The maximum atomic E-state index is 9.20. The van der Waals surface area contributed by atoms with Gasteiger partial charge < -0.3 is 15.5 Å². The van der Waals surface area contributed by atoms with Crippen LogP contribution < -0.4 is 5.32 Å². The summed E-state index contributed by atoms with van der Waals surface area (Å²) < 4.78 is 0. The number of rotatable bonds is 5. The van der Waals surface area contributed by atoms with Crippen LogP contribution in [0.15, 0.2) is 18.3 Å². The molecule has 0 bridgehead atoms. The van der Waals surface area contributed by atoms with Crippen LogP contribution in [0.2, 0.25) is 0 Å². The third-order valence-corrected chi connectivity index (χ3v) is 3.68. The zero-order chi connectivity index (χ0) is 12.8. The molecule has 1 aliphatic rings. The van der Waals surface area contributed by atoms with Gasteiger partial charge in [0.1, 0.15) is 0 Å². The van der Waals surface area contributed by atoms with Crippen molar-refractivity contribution in [1.82, 2.24) is 10.3 Å². The minimum Gasteiger partial charge on any atom is -0.396 e. The Balaban J connectivity index is 2.13. The van der Waals surface area contributed by atoms with E-state index in [1.54, 1.807) is 0 Å². The van der Waals surface area contributed by atoms with Gasteiger partial charge in [-0.2, -0.15) is 0 Å². The molecule has 4 nitrogen and oxygen atoms in total. The molecule has 4 heteroatoms. The molecule has 18 heavy (non-hydrogen) atoms. The molecule has 2 rings (SSSR count). The molecule has 0 aromatic carbocycles. The van der Waals surface area contributed by atoms with Gasteiger partial charge in [-0.25, -0.2) is 0 Å². The monoisotopic (exact) mass is 250 g/mol. The molecule has 0 atom stereocenters. The lowest BCUT2D eigenvalue weighted by Crippen LogP contribution is -2.28. The molecule has 0 spiro atoms. The van der Waals surface area contributed by atoms with E-state index in [0.29, 0.717) is 12.3 Å². The van der Waals surface area contributed by atoms with Crippen molar-refractivity contribution in [1.29, 1.82) is 0 Å². The highest BCUT2D eigenvalue weighted by Crippen LogP contribution is 2.27. The lowest BCUT2D eigenvalue weighted by molar-refractivity contribution is 0.150. The van der Waals surface area contributed by atoms with Crippen molar-refractivity contribution in [2.75, 3.05) is 26.3 Å². The Labute approximate surface area is 108 Å². The highest BCUT2D eigenvalue weighted by Gasteiger charge is 2.20. The zero-order valence-corrected chi connectivity index (χ0v) is 10.7. The van der Waals surface area contributed by atoms with Crippen LogP contribution in [0.5, 0.6) is 0 Å². The van der Waals surface area contributed by atoms with Gasteiger partial charge in [0, 0.05) is 36.9 Å². The summed E-state index contributed by atoms with van der Waals surface area (Å²) >= 11 is 0. The van der Waals surface area contributed by atoms with Crippen molar-refractivity contribution in [3.63, 3.8) is 0 Å². The first-order valence-corrected chi connectivity index (χ1v) is 6.71. The third-order valence-electron chi connectivity index (χ3n) is 3.68. The maximum Gasteiger partial charge on any atom is 0.0484 e. The summed E-state index contributed by atoms with van der Waals surface area (Å²) in [7, 11) is 0. The van der Waals surface area contributed by atoms with Gasteiger partial charge in [-0.1, -0.05) is 6.07 Å². The fourth-order valence-electron chi connectivity index (χ4n) is 2.58. The van der Waals surface area contributed by atoms with Crippen LogP contribution in [0, 0.1) is 5.92 Å². The summed E-state index contributed by atoms with van der Waals surface area (Å²) in [6.45, 7) is 2.14. The molecule has 1 saturated heterocycles. The zero-order valence-electron chi connectivity index (χ0n) is 10.7. The molecule has 1 fully saturated rings. The summed E-state index contributed by atoms with van der Waals surface area (Å²) in [5.41, 5.74) is 2.34. The van der Waals surface area contributed by atoms with Crippen molar-refractivity contribution in [3.8, 4) is 0 Å². The van der Waals surface area contributed by atoms with Crippen LogP contribution in [0.25, 0.3) is 0 Å². The quantitative estimate of drug-likeness (QED) is 0.719. The lowest BCUT2D eigenvalue weighted by Gasteiger charge is -2.24. The van der Waals surface area contributed by atoms with Gasteiger partial charge in [0.25, 0.3) is 0 Å². The summed E-state index contributed by atoms with van der Waals surface area (Å²) in [5.74, 6) is 0.440. The number of hydrogen-bond acceptors (Lipinski definition) is 4. The number of aromatic nitrogens is 1. The number of aliphatic hydroxyl groups is 2. The van der Waals surface area contributed by atoms with Crippen LogP contribution in [0.1, 0.15) is 30.0 Å². The summed E-state index contributed by atoms with van der Waals surface area (Å²) in [5, 5.41) is 21.8. The smallest absolute Gasteiger partial charge is 0.0484 e. The van der Waals surface area contributed by atoms with Gasteiger partial charge in [-0.05, 0) is 44.0 Å². The van der Waals surface area contributed by atoms with Crippen molar-refractivity contribution in [2.24, 2.45) is 5.92 Å². The second-order valence-electron chi connectivity index (χ2n) is 5.01. The van der Waals surface area contributed by atoms with E-state index in [9.17, 15) is 10.2 Å². The van der Waals surface area contributed by atoms with Crippen molar-refractivity contribution in [2.45, 2.75) is 25.2 Å². The Morgan fingerprint density at radius 1 is 1.28 bits per heavy atom. The average molecular weight is 250 g/mol. The van der Waals surface area contributed by atoms with E-state index in [-0.39, 0.29) is 19.1 Å². The van der Waals surface area contributed by atoms with E-state index < -0.39 is 0 Å². The fourth-order valence-corrected chi connectivity index (χ4v) is 2.58. The molecule has 2 heterocycles. The maximum absolute atomic E-state index is 9.20. The molecule has 100 valence electrons. The van der Waals surface area contributed by atoms with E-state index in [4.69, 9.17) is 0 Å². The second kappa shape index (κ2) is 6.83. The summed E-state index contributed by atoms with van der Waals surface area (Å²) in [6.07, 6.45) is 4.79. The van der Waals surface area contributed by atoms with E-state index in [0.717, 1.165) is 31.6 Å². The van der Waals surface area contributed by atoms with Crippen LogP contribution >= 0.6 is 0 Å². The molecule has 0 saturated carbocycles. The Morgan fingerprint density at radius 3 is 2.67 bits per heavy atom. The molecule has 1 aromatic heterocycles. The molecule has 3 N–H and O–H groups in total. The second-order valence-corrected chi connectivity index (χ2v) is 5.01. The standard InChI is InChI=1S/C14H22N2O2/c17-9-11(10-18)8-13-2-1-5-16-14(13)12-3-6-15-7-4-12/h1-2,5,11-12,15,17-18H,3-4,6-10H2. The molecule has 1 aromatic rings. The van der Waals surface area contributed by atoms with Gasteiger partial charge in [-0.3, -0.25) is 4.98 Å². The molecule has 0 unspecified atom stereocenters. The van der Waals surface area contributed by atoms with Gasteiger partial charge in [0.15, 0.2) is 0 Å². The SMILES string of the molecule is OCC(CO)Cc1cccnc1C1CCNCC1. The van der Waals surface area contributed by atoms with Crippen LogP contribution in [-0.4, -0.2) is 41.5 Å². The first-order chi connectivity index (χ1) is 8.85.